The maximum atomic E-state index is 11.6. The number of urea groups is 1. The van der Waals surface area contributed by atoms with Gasteiger partial charge < -0.3 is 15.7 Å². The van der Waals surface area contributed by atoms with E-state index in [-0.39, 0.29) is 24.7 Å². The largest absolute Gasteiger partial charge is 0.394 e. The molecule has 2 amide bonds. The molecular formula is C14H22N2O2S. The number of aliphatic hydroxyl groups is 1. The highest BCUT2D eigenvalue weighted by Crippen LogP contribution is 2.20. The first kappa shape index (κ1) is 15.9. The number of nitrogens with one attached hydrogen (secondary N) is 2. The molecule has 5 heteroatoms. The van der Waals surface area contributed by atoms with Crippen molar-refractivity contribution < 1.29 is 9.90 Å². The fourth-order valence-corrected chi connectivity index (χ4v) is 2.27. The van der Waals surface area contributed by atoms with Gasteiger partial charge >= 0.3 is 6.03 Å². The van der Waals surface area contributed by atoms with Crippen LogP contribution < -0.4 is 10.6 Å². The number of carbonyl (C=O) groups excluding carboxylic acids is 1. The first-order valence-electron chi connectivity index (χ1n) is 6.47. The second-order valence-corrected chi connectivity index (χ2v) is 5.76. The molecule has 106 valence electrons. The van der Waals surface area contributed by atoms with Crippen LogP contribution in [-0.2, 0) is 0 Å². The molecule has 19 heavy (non-hydrogen) atoms. The summed E-state index contributed by atoms with van der Waals surface area (Å²) in [6, 6.07) is 7.62. The number of amides is 2. The molecule has 1 aromatic carbocycles. The molecule has 0 saturated carbocycles. The van der Waals surface area contributed by atoms with E-state index in [1.807, 2.05) is 19.1 Å². The summed E-state index contributed by atoms with van der Waals surface area (Å²) >= 11 is 1.79. The average molecular weight is 282 g/mol. The topological polar surface area (TPSA) is 61.4 Å². The number of benzene rings is 1. The second kappa shape index (κ2) is 8.07. The zero-order valence-corrected chi connectivity index (χ0v) is 12.5. The Hall–Kier alpha value is -1.20. The van der Waals surface area contributed by atoms with Gasteiger partial charge in [-0.1, -0.05) is 19.1 Å². The van der Waals surface area contributed by atoms with Crippen molar-refractivity contribution in [2.45, 2.75) is 37.8 Å². The maximum Gasteiger partial charge on any atom is 0.315 e. The van der Waals surface area contributed by atoms with E-state index in [0.29, 0.717) is 0 Å². The average Bonchev–Trinajstić information content (AvgIpc) is 2.39. The summed E-state index contributed by atoms with van der Waals surface area (Å²) in [4.78, 5) is 12.9. The van der Waals surface area contributed by atoms with Crippen LogP contribution in [0.3, 0.4) is 0 Å². The van der Waals surface area contributed by atoms with Crippen molar-refractivity contribution in [3.05, 3.63) is 29.8 Å². The van der Waals surface area contributed by atoms with Crippen molar-refractivity contribution in [3.8, 4) is 0 Å². The summed E-state index contributed by atoms with van der Waals surface area (Å²) in [6.07, 6.45) is 0. The van der Waals surface area contributed by atoms with Gasteiger partial charge in [-0.2, -0.15) is 0 Å². The Kier molecular flexibility index (Phi) is 6.73. The van der Waals surface area contributed by atoms with Gasteiger partial charge in [0.15, 0.2) is 0 Å². The van der Waals surface area contributed by atoms with Crippen LogP contribution in [-0.4, -0.2) is 29.5 Å². The number of aliphatic hydroxyl groups excluding tert-OH is 1. The van der Waals surface area contributed by atoms with E-state index >= 15 is 0 Å². The van der Waals surface area contributed by atoms with Crippen molar-refractivity contribution in [1.29, 1.82) is 0 Å². The Balaban J connectivity index is 2.52. The van der Waals surface area contributed by atoms with Gasteiger partial charge in [0.25, 0.3) is 0 Å². The molecular weight excluding hydrogens is 260 g/mol. The van der Waals surface area contributed by atoms with Crippen LogP contribution >= 0.6 is 11.8 Å². The van der Waals surface area contributed by atoms with Gasteiger partial charge in [0, 0.05) is 4.90 Å². The van der Waals surface area contributed by atoms with Gasteiger partial charge in [0.1, 0.15) is 0 Å². The first-order chi connectivity index (χ1) is 9.06. The highest BCUT2D eigenvalue weighted by molar-refractivity contribution is 7.99. The molecule has 2 atom stereocenters. The van der Waals surface area contributed by atoms with E-state index in [9.17, 15) is 4.79 Å². The third-order valence-corrected chi connectivity index (χ3v) is 3.58. The van der Waals surface area contributed by atoms with E-state index in [0.717, 1.165) is 11.3 Å². The van der Waals surface area contributed by atoms with E-state index in [4.69, 9.17) is 5.11 Å². The molecule has 4 nitrogen and oxygen atoms in total. The predicted molar refractivity (Wildman–Crippen MR) is 79.5 cm³/mol. The maximum absolute atomic E-state index is 11.6. The van der Waals surface area contributed by atoms with Crippen molar-refractivity contribution in [2.75, 3.05) is 12.4 Å². The molecule has 0 aliphatic carbocycles. The summed E-state index contributed by atoms with van der Waals surface area (Å²) in [7, 11) is 0. The fraction of sp³-hybridized carbons (Fsp3) is 0.500. The fourth-order valence-electron chi connectivity index (χ4n) is 1.61. The van der Waals surface area contributed by atoms with Gasteiger partial charge in [-0.3, -0.25) is 0 Å². The lowest BCUT2D eigenvalue weighted by Crippen LogP contribution is -2.43. The molecule has 0 aliphatic rings. The quantitative estimate of drug-likeness (QED) is 0.703. The molecule has 3 N–H and O–H groups in total. The van der Waals surface area contributed by atoms with E-state index < -0.39 is 0 Å². The Morgan fingerprint density at radius 1 is 1.26 bits per heavy atom. The Labute approximate surface area is 119 Å². The van der Waals surface area contributed by atoms with E-state index in [2.05, 4.69) is 29.7 Å². The van der Waals surface area contributed by atoms with Crippen molar-refractivity contribution in [1.82, 2.24) is 10.6 Å². The standard InChI is InChI=1S/C14H22N2O2S/c1-4-19-13-7-5-12(6-8-13)11(3)16-14(18)15-10(2)9-17/h5-8,10-11,17H,4,9H2,1-3H3,(H2,15,16,18)/t10-,11?/m0/s1. The van der Waals surface area contributed by atoms with Crippen LogP contribution in [0.4, 0.5) is 4.79 Å². The Bertz CT molecular complexity index is 395. The van der Waals surface area contributed by atoms with Crippen molar-refractivity contribution in [3.63, 3.8) is 0 Å². The Morgan fingerprint density at radius 2 is 1.89 bits per heavy atom. The number of carbonyl (C=O) groups is 1. The van der Waals surface area contributed by atoms with Gasteiger partial charge in [-0.05, 0) is 37.3 Å². The normalized spacial score (nSPS) is 13.7. The molecule has 0 fully saturated rings. The smallest absolute Gasteiger partial charge is 0.315 e. The number of thioether (sulfide) groups is 1. The molecule has 0 heterocycles. The third-order valence-electron chi connectivity index (χ3n) is 2.69. The summed E-state index contributed by atoms with van der Waals surface area (Å²) in [5.41, 5.74) is 1.06. The van der Waals surface area contributed by atoms with E-state index in [1.54, 1.807) is 18.7 Å². The monoisotopic (exact) mass is 282 g/mol. The van der Waals surface area contributed by atoms with Crippen LogP contribution in [0.2, 0.25) is 0 Å². The lowest BCUT2D eigenvalue weighted by molar-refractivity contribution is 0.218. The van der Waals surface area contributed by atoms with Crippen LogP contribution in [0.15, 0.2) is 29.2 Å². The highest BCUT2D eigenvalue weighted by Gasteiger charge is 2.11. The number of hydrogen-bond donors (Lipinski definition) is 3. The summed E-state index contributed by atoms with van der Waals surface area (Å²) < 4.78 is 0. The summed E-state index contributed by atoms with van der Waals surface area (Å²) in [5.74, 6) is 1.05. The molecule has 0 aromatic heterocycles. The second-order valence-electron chi connectivity index (χ2n) is 4.43. The lowest BCUT2D eigenvalue weighted by Gasteiger charge is -2.17. The zero-order valence-electron chi connectivity index (χ0n) is 11.6. The van der Waals surface area contributed by atoms with Gasteiger partial charge in [0.05, 0.1) is 18.7 Å². The summed E-state index contributed by atoms with van der Waals surface area (Å²) in [6.45, 7) is 5.74. The molecule has 0 aliphatic heterocycles. The zero-order chi connectivity index (χ0) is 14.3. The number of rotatable bonds is 6. The van der Waals surface area contributed by atoms with E-state index in [1.165, 1.54) is 4.90 Å². The SMILES string of the molecule is CCSc1ccc(C(C)NC(=O)N[C@@H](C)CO)cc1. The van der Waals surface area contributed by atoms with Crippen LogP contribution in [0.25, 0.3) is 0 Å². The summed E-state index contributed by atoms with van der Waals surface area (Å²) in [5, 5.41) is 14.4. The minimum absolute atomic E-state index is 0.0634. The highest BCUT2D eigenvalue weighted by atomic mass is 32.2. The van der Waals surface area contributed by atoms with Crippen molar-refractivity contribution in [2.24, 2.45) is 0 Å². The van der Waals surface area contributed by atoms with Crippen LogP contribution in [0.1, 0.15) is 32.4 Å². The predicted octanol–water partition coefficient (Wildman–Crippen LogP) is 2.54. The van der Waals surface area contributed by atoms with Gasteiger partial charge in [-0.25, -0.2) is 4.79 Å². The molecule has 0 radical (unpaired) electrons. The van der Waals surface area contributed by atoms with Gasteiger partial charge in [0.2, 0.25) is 0 Å². The molecule has 0 bridgehead atoms. The Morgan fingerprint density at radius 3 is 2.42 bits per heavy atom. The number of hydrogen-bond acceptors (Lipinski definition) is 3. The minimum atomic E-state index is -0.263. The molecule has 0 saturated heterocycles. The molecule has 1 aromatic rings. The van der Waals surface area contributed by atoms with Crippen LogP contribution in [0, 0.1) is 0 Å². The third kappa shape index (κ3) is 5.53. The molecule has 0 spiro atoms. The minimum Gasteiger partial charge on any atom is -0.394 e. The molecule has 1 unspecified atom stereocenters. The van der Waals surface area contributed by atoms with Gasteiger partial charge in [-0.15, -0.1) is 11.8 Å². The molecule has 1 rings (SSSR count). The lowest BCUT2D eigenvalue weighted by atomic mass is 10.1. The van der Waals surface area contributed by atoms with Crippen molar-refractivity contribution >= 4 is 17.8 Å². The first-order valence-corrected chi connectivity index (χ1v) is 7.46. The van der Waals surface area contributed by atoms with Crippen LogP contribution in [0.5, 0.6) is 0 Å².